The molecule has 3 fully saturated rings. The molecule has 1 aromatic heterocycles. The number of nitrogens with zero attached hydrogens (tertiary/aromatic N) is 1. The molecule has 216 valence electrons. The molecule has 3 aliphatic rings. The van der Waals surface area contributed by atoms with Gasteiger partial charge in [-0.1, -0.05) is 18.2 Å². The largest absolute Gasteiger partial charge is 0.493 e. The SMILES string of the molecule is CNc1ccc(Oc2ccnc3cc(OCC4C5COCC54)ccc23)c(F)c1.O=CC1(C(=O)Nc2ccccc2)CC1. The molecule has 1 amide bonds. The lowest BCUT2D eigenvalue weighted by Gasteiger charge is -2.12. The number of benzene rings is 3. The number of nitrogens with one attached hydrogen (secondary N) is 2. The van der Waals surface area contributed by atoms with Gasteiger partial charge < -0.3 is 29.6 Å². The van der Waals surface area contributed by atoms with E-state index < -0.39 is 11.2 Å². The molecule has 9 heteroatoms. The van der Waals surface area contributed by atoms with Crippen molar-refractivity contribution in [2.24, 2.45) is 23.2 Å². The fraction of sp³-hybridized carbons (Fsp3) is 0.303. The van der Waals surface area contributed by atoms with E-state index in [0.717, 1.165) is 41.8 Å². The van der Waals surface area contributed by atoms with Crippen LogP contribution in [0.15, 0.2) is 79.0 Å². The standard InChI is InChI=1S/C22H21FN2O3.C11H11NO2/c1-24-13-2-5-22(19(23)8-13)28-21-6-7-25-20-9-14(3-4-15(20)21)27-12-18-16-10-26-11-17(16)18;13-8-11(6-7-11)10(14)12-9-4-2-1-3-5-9/h2-9,16-18,24H,10-12H2,1H3;1-5,8H,6-7H2,(H,12,14). The Morgan fingerprint density at radius 2 is 1.81 bits per heavy atom. The summed E-state index contributed by atoms with van der Waals surface area (Å²) >= 11 is 0. The number of halogens is 1. The lowest BCUT2D eigenvalue weighted by Crippen LogP contribution is -2.25. The minimum atomic E-state index is -0.726. The molecule has 0 spiro atoms. The number of aromatic nitrogens is 1. The molecule has 42 heavy (non-hydrogen) atoms. The summed E-state index contributed by atoms with van der Waals surface area (Å²) in [6.07, 6.45) is 3.76. The third-order valence-corrected chi connectivity index (χ3v) is 8.18. The van der Waals surface area contributed by atoms with Crippen LogP contribution in [0.1, 0.15) is 12.8 Å². The van der Waals surface area contributed by atoms with Crippen molar-refractivity contribution in [2.75, 3.05) is 37.5 Å². The average Bonchev–Trinajstić information content (AvgIpc) is 3.91. The molecule has 0 radical (unpaired) electrons. The molecule has 2 N–H and O–H groups in total. The minimum absolute atomic E-state index is 0.175. The fourth-order valence-corrected chi connectivity index (χ4v) is 5.25. The van der Waals surface area contributed by atoms with Gasteiger partial charge in [-0.15, -0.1) is 0 Å². The van der Waals surface area contributed by atoms with E-state index in [1.165, 1.54) is 6.07 Å². The highest BCUT2D eigenvalue weighted by molar-refractivity contribution is 6.07. The van der Waals surface area contributed by atoms with E-state index in [2.05, 4.69) is 15.6 Å². The van der Waals surface area contributed by atoms with Gasteiger partial charge in [0.2, 0.25) is 5.91 Å². The van der Waals surface area contributed by atoms with Gasteiger partial charge in [0, 0.05) is 48.1 Å². The number of anilines is 2. The highest BCUT2D eigenvalue weighted by atomic mass is 19.1. The van der Waals surface area contributed by atoms with Crippen LogP contribution in [0.2, 0.25) is 0 Å². The van der Waals surface area contributed by atoms with Crippen molar-refractivity contribution in [2.45, 2.75) is 12.8 Å². The number of carbonyl (C=O) groups is 2. The summed E-state index contributed by atoms with van der Waals surface area (Å²) in [6, 6.07) is 21.4. The summed E-state index contributed by atoms with van der Waals surface area (Å²) < 4.78 is 31.5. The number of aldehydes is 1. The Bertz CT molecular complexity index is 1580. The molecule has 0 bridgehead atoms. The van der Waals surface area contributed by atoms with E-state index in [-0.39, 0.29) is 11.7 Å². The van der Waals surface area contributed by atoms with Crippen molar-refractivity contribution in [3.63, 3.8) is 0 Å². The minimum Gasteiger partial charge on any atom is -0.493 e. The number of amides is 1. The number of carbonyl (C=O) groups excluding carboxylic acids is 2. The van der Waals surface area contributed by atoms with Gasteiger partial charge in [0.25, 0.3) is 0 Å². The van der Waals surface area contributed by atoms with Crippen LogP contribution in [-0.2, 0) is 14.3 Å². The number of ether oxygens (including phenoxy) is 3. The Morgan fingerprint density at radius 1 is 1.02 bits per heavy atom. The van der Waals surface area contributed by atoms with Crippen LogP contribution in [-0.4, -0.2) is 44.0 Å². The Hall–Kier alpha value is -4.50. The highest BCUT2D eigenvalue weighted by Gasteiger charge is 2.54. The van der Waals surface area contributed by atoms with Gasteiger partial charge in [-0.2, -0.15) is 0 Å². The van der Waals surface area contributed by atoms with E-state index in [9.17, 15) is 14.0 Å². The third-order valence-electron chi connectivity index (χ3n) is 8.18. The van der Waals surface area contributed by atoms with E-state index >= 15 is 0 Å². The van der Waals surface area contributed by atoms with Crippen LogP contribution < -0.4 is 20.1 Å². The van der Waals surface area contributed by atoms with Crippen LogP contribution in [0.4, 0.5) is 15.8 Å². The smallest absolute Gasteiger partial charge is 0.237 e. The van der Waals surface area contributed by atoms with Gasteiger partial charge >= 0.3 is 0 Å². The van der Waals surface area contributed by atoms with Crippen molar-refractivity contribution >= 4 is 34.5 Å². The quantitative estimate of drug-likeness (QED) is 0.186. The first kappa shape index (κ1) is 27.7. The molecule has 1 aliphatic heterocycles. The number of pyridine rings is 1. The van der Waals surface area contributed by atoms with Crippen LogP contribution in [0.3, 0.4) is 0 Å². The van der Waals surface area contributed by atoms with Gasteiger partial charge in [-0.05, 0) is 67.1 Å². The van der Waals surface area contributed by atoms with Crippen LogP contribution in [0.25, 0.3) is 10.9 Å². The zero-order valence-electron chi connectivity index (χ0n) is 23.2. The van der Waals surface area contributed by atoms with Crippen LogP contribution in [0.5, 0.6) is 17.2 Å². The second-order valence-corrected chi connectivity index (χ2v) is 10.9. The summed E-state index contributed by atoms with van der Waals surface area (Å²) in [5.74, 6) is 2.86. The lowest BCUT2D eigenvalue weighted by molar-refractivity contribution is -0.126. The van der Waals surface area contributed by atoms with Gasteiger partial charge in [0.05, 0.1) is 25.3 Å². The normalized spacial score (nSPS) is 20.9. The molecular weight excluding hydrogens is 537 g/mol. The molecular formula is C33H32FN3O5. The van der Waals surface area contributed by atoms with E-state index in [1.807, 2.05) is 36.4 Å². The number of rotatable bonds is 9. The Balaban J connectivity index is 0.000000189. The maximum atomic E-state index is 14.3. The number of hydrogen-bond acceptors (Lipinski definition) is 7. The maximum absolute atomic E-state index is 14.3. The molecule has 3 aromatic carbocycles. The highest BCUT2D eigenvalue weighted by Crippen LogP contribution is 2.50. The lowest BCUT2D eigenvalue weighted by atomic mass is 10.1. The number of hydrogen-bond donors (Lipinski definition) is 2. The summed E-state index contributed by atoms with van der Waals surface area (Å²) in [6.45, 7) is 2.44. The first-order chi connectivity index (χ1) is 20.5. The van der Waals surface area contributed by atoms with Gasteiger partial charge in [0.1, 0.15) is 23.2 Å². The summed E-state index contributed by atoms with van der Waals surface area (Å²) in [5, 5.41) is 6.44. The Kier molecular flexibility index (Phi) is 7.75. The molecule has 1 saturated heterocycles. The van der Waals surface area contributed by atoms with Crippen molar-refractivity contribution in [3.8, 4) is 17.2 Å². The van der Waals surface area contributed by atoms with Crippen LogP contribution >= 0.6 is 0 Å². The van der Waals surface area contributed by atoms with Crippen molar-refractivity contribution in [1.82, 2.24) is 4.98 Å². The third kappa shape index (κ3) is 5.92. The second-order valence-electron chi connectivity index (χ2n) is 10.9. The predicted octanol–water partition coefficient (Wildman–Crippen LogP) is 6.08. The van der Waals surface area contributed by atoms with Crippen LogP contribution in [0, 0.1) is 29.0 Å². The van der Waals surface area contributed by atoms with E-state index in [1.54, 1.807) is 43.6 Å². The molecule has 2 saturated carbocycles. The van der Waals surface area contributed by atoms with Gasteiger partial charge in [0.15, 0.2) is 11.6 Å². The van der Waals surface area contributed by atoms with E-state index in [0.29, 0.717) is 48.6 Å². The summed E-state index contributed by atoms with van der Waals surface area (Å²) in [4.78, 5) is 26.7. The fourth-order valence-electron chi connectivity index (χ4n) is 5.25. The molecule has 2 unspecified atom stereocenters. The maximum Gasteiger partial charge on any atom is 0.237 e. The zero-order valence-corrected chi connectivity index (χ0v) is 23.2. The number of para-hydroxylation sites is 1. The first-order valence-electron chi connectivity index (χ1n) is 14.1. The van der Waals surface area contributed by atoms with Gasteiger partial charge in [-0.25, -0.2) is 4.39 Å². The summed E-state index contributed by atoms with van der Waals surface area (Å²) in [7, 11) is 1.74. The monoisotopic (exact) mass is 569 g/mol. The topological polar surface area (TPSA) is 98.8 Å². The molecule has 2 heterocycles. The second kappa shape index (κ2) is 11.8. The molecule has 7 rings (SSSR count). The summed E-state index contributed by atoms with van der Waals surface area (Å²) in [5.41, 5.74) is 1.46. The number of fused-ring (bicyclic) bond motifs is 2. The molecule has 2 aliphatic carbocycles. The van der Waals surface area contributed by atoms with E-state index in [4.69, 9.17) is 14.2 Å². The predicted molar refractivity (Wildman–Crippen MR) is 157 cm³/mol. The molecule has 2 atom stereocenters. The Labute approximate surface area is 243 Å². The first-order valence-corrected chi connectivity index (χ1v) is 14.1. The Morgan fingerprint density at radius 3 is 2.50 bits per heavy atom. The molecule has 8 nitrogen and oxygen atoms in total. The average molecular weight is 570 g/mol. The van der Waals surface area contributed by atoms with Crippen molar-refractivity contribution in [3.05, 3.63) is 84.8 Å². The van der Waals surface area contributed by atoms with Crippen molar-refractivity contribution in [1.29, 1.82) is 0 Å². The molecule has 4 aromatic rings. The van der Waals surface area contributed by atoms with Crippen molar-refractivity contribution < 1.29 is 28.2 Å². The zero-order chi connectivity index (χ0) is 29.1. The van der Waals surface area contributed by atoms with Gasteiger partial charge in [-0.3, -0.25) is 9.78 Å².